The summed E-state index contributed by atoms with van der Waals surface area (Å²) >= 11 is 0. The maximum Gasteiger partial charge on any atom is 0.338 e. The van der Waals surface area contributed by atoms with Crippen LogP contribution >= 0.6 is 0 Å². The highest BCUT2D eigenvalue weighted by atomic mass is 28.4. The fourth-order valence-corrected chi connectivity index (χ4v) is 15.4. The van der Waals surface area contributed by atoms with Gasteiger partial charge in [0.05, 0.1) is 36.4 Å². The van der Waals surface area contributed by atoms with Crippen LogP contribution in [0.3, 0.4) is 0 Å². The second kappa shape index (κ2) is 13.6. The van der Waals surface area contributed by atoms with Gasteiger partial charge < -0.3 is 37.7 Å². The highest BCUT2D eigenvalue weighted by Gasteiger charge is 2.80. The molecule has 0 spiro atoms. The molecule has 12 heteroatoms. The van der Waals surface area contributed by atoms with Gasteiger partial charge in [0.15, 0.2) is 19.7 Å². The van der Waals surface area contributed by atoms with Crippen LogP contribution in [0.5, 0.6) is 0 Å². The Labute approximate surface area is 312 Å². The second-order valence-electron chi connectivity index (χ2n) is 17.2. The van der Waals surface area contributed by atoms with Crippen molar-refractivity contribution >= 4 is 28.9 Å². The molecule has 11 atom stereocenters. The Morgan fingerprint density at radius 1 is 1.00 bits per heavy atom. The van der Waals surface area contributed by atoms with E-state index in [4.69, 9.17) is 28.1 Å². The van der Waals surface area contributed by atoms with E-state index in [1.165, 1.54) is 6.92 Å². The number of benzene rings is 1. The lowest BCUT2D eigenvalue weighted by molar-refractivity contribution is -0.362. The summed E-state index contributed by atoms with van der Waals surface area (Å²) in [5.74, 6) is -3.71. The number of allylic oxidation sites excluding steroid dienone is 1. The average Bonchev–Trinajstić information content (AvgIpc) is 3.42. The van der Waals surface area contributed by atoms with E-state index in [-0.39, 0.29) is 12.5 Å². The first-order chi connectivity index (χ1) is 24.3. The molecule has 1 N–H and O–H groups in total. The number of fused-ring (bicyclic) bond motifs is 8. The summed E-state index contributed by atoms with van der Waals surface area (Å²) in [5, 5.41) is 14.4. The fraction of sp³-hybridized carbons (Fsp3) is 0.750. The van der Waals surface area contributed by atoms with Crippen LogP contribution in [0, 0.1) is 28.6 Å². The summed E-state index contributed by atoms with van der Waals surface area (Å²) in [5.41, 5.74) is -4.95. The first kappa shape index (κ1) is 39.6. The van der Waals surface area contributed by atoms with Crippen molar-refractivity contribution in [2.45, 2.75) is 154 Å². The molecule has 1 aromatic rings. The van der Waals surface area contributed by atoms with E-state index >= 15 is 0 Å². The molecule has 288 valence electrons. The van der Waals surface area contributed by atoms with Gasteiger partial charge in [-0.25, -0.2) is 4.79 Å². The lowest BCUT2D eigenvalue weighted by Crippen LogP contribution is -2.83. The Bertz CT molecular complexity index is 1580. The summed E-state index contributed by atoms with van der Waals surface area (Å²) in [4.78, 5) is 27.7. The van der Waals surface area contributed by atoms with Crippen molar-refractivity contribution in [2.24, 2.45) is 28.6 Å². The van der Waals surface area contributed by atoms with Crippen LogP contribution in [0.4, 0.5) is 0 Å². The third-order valence-electron chi connectivity index (χ3n) is 14.0. The molecule has 2 heterocycles. The van der Waals surface area contributed by atoms with Crippen molar-refractivity contribution in [1.29, 1.82) is 0 Å². The maximum absolute atomic E-state index is 14.4. The quantitative estimate of drug-likeness (QED) is 0.201. The molecule has 4 fully saturated rings. The van der Waals surface area contributed by atoms with Gasteiger partial charge >= 0.3 is 20.6 Å². The minimum absolute atomic E-state index is 0.0433. The number of ether oxygens (including phenoxy) is 5. The third kappa shape index (κ3) is 5.80. The fourth-order valence-electron chi connectivity index (χ4n) is 11.0. The van der Waals surface area contributed by atoms with Gasteiger partial charge in [0, 0.05) is 30.1 Å². The summed E-state index contributed by atoms with van der Waals surface area (Å²) < 4.78 is 55.2. The van der Waals surface area contributed by atoms with E-state index in [0.29, 0.717) is 23.2 Å². The van der Waals surface area contributed by atoms with Crippen LogP contribution in [-0.2, 0) is 37.4 Å². The van der Waals surface area contributed by atoms with Gasteiger partial charge in [-0.15, -0.1) is 0 Å². The Morgan fingerprint density at radius 2 is 1.63 bits per heavy atom. The molecule has 0 amide bonds. The summed E-state index contributed by atoms with van der Waals surface area (Å²) in [6.45, 7) is 21.8. The molecule has 0 radical (unpaired) electrons. The van der Waals surface area contributed by atoms with E-state index in [0.717, 1.165) is 18.1 Å². The van der Waals surface area contributed by atoms with Crippen molar-refractivity contribution in [1.82, 2.24) is 0 Å². The zero-order chi connectivity index (χ0) is 38.2. The molecule has 10 nitrogen and oxygen atoms in total. The highest BCUT2D eigenvalue weighted by Crippen LogP contribution is 2.68. The molecule has 2 bridgehead atoms. The predicted octanol–water partition coefficient (Wildman–Crippen LogP) is 6.79. The minimum Gasteiger partial charge on any atom is -0.455 e. The highest BCUT2D eigenvalue weighted by molar-refractivity contribution is 6.73. The van der Waals surface area contributed by atoms with Gasteiger partial charge in [-0.3, -0.25) is 4.79 Å². The number of rotatable bonds is 10. The van der Waals surface area contributed by atoms with Crippen LogP contribution in [0.25, 0.3) is 0 Å². The van der Waals surface area contributed by atoms with Crippen molar-refractivity contribution in [3.8, 4) is 0 Å². The van der Waals surface area contributed by atoms with Gasteiger partial charge in [-0.05, 0) is 67.3 Å². The zero-order valence-corrected chi connectivity index (χ0v) is 34.9. The lowest BCUT2D eigenvalue weighted by Gasteiger charge is -2.70. The molecule has 2 aliphatic heterocycles. The van der Waals surface area contributed by atoms with Crippen LogP contribution in [0.15, 0.2) is 41.6 Å². The van der Waals surface area contributed by atoms with E-state index < -0.39 is 99.1 Å². The maximum atomic E-state index is 14.4. The topological polar surface area (TPSA) is 127 Å². The SMILES string of the molecule is CC[Si](=O)C1=C[C@@]2(O)[C@@H](OC(=O)c3ccccc3)[C@@H]3[C@]4(OC(C)=O)CO[C@@H]4C[C@H](O[Si](CC)(CC)CC)[C@@]3(C)[C@@H]3OC(C)(C)O[C@@H]3C(C1C)C2(C)C. The number of aliphatic hydroxyl groups is 1. The normalized spacial score (nSPS) is 40.0. The molecule has 2 saturated carbocycles. The number of hydrogen-bond acceptors (Lipinski definition) is 10. The number of esters is 2. The van der Waals surface area contributed by atoms with Crippen LogP contribution in [0.2, 0.25) is 24.2 Å². The van der Waals surface area contributed by atoms with Gasteiger partial charge in [0.25, 0.3) is 0 Å². The summed E-state index contributed by atoms with van der Waals surface area (Å²) in [6.07, 6.45) is -1.45. The zero-order valence-electron chi connectivity index (χ0n) is 32.9. The molecule has 6 rings (SSSR count). The predicted molar refractivity (Wildman–Crippen MR) is 198 cm³/mol. The molecule has 52 heavy (non-hydrogen) atoms. The van der Waals surface area contributed by atoms with Crippen LogP contribution < -0.4 is 0 Å². The van der Waals surface area contributed by atoms with Crippen LogP contribution in [-0.4, -0.2) is 88.2 Å². The first-order valence-electron chi connectivity index (χ1n) is 19.4. The Morgan fingerprint density at radius 3 is 2.17 bits per heavy atom. The Kier molecular flexibility index (Phi) is 10.4. The van der Waals surface area contributed by atoms with Crippen LogP contribution in [0.1, 0.15) is 92.9 Å². The molecular formula is C40H60O10Si2. The molecular weight excluding hydrogens is 697 g/mol. The Hall–Kier alpha value is -2.07. The molecule has 5 aliphatic rings. The largest absolute Gasteiger partial charge is 0.455 e. The van der Waals surface area contributed by atoms with E-state index in [1.54, 1.807) is 30.3 Å². The number of hydrogen-bond donors (Lipinski definition) is 1. The number of carbonyl (C=O) groups excluding carboxylic acids is 2. The standard InChI is InChI=1S/C40H60O10Si2/c1-12-51(44)27-22-40(43)34(46-35(42)26-19-17-16-18-20-26)32-38(11,33-31(48-37(9,10)49-33)30(24(27)5)36(40,7)8)28(50-52(13-2,14-3)15-4)21-29-39(32,23-45-29)47-25(6)41/h16-20,22,24,28-34,43H,12-15,21,23H2,1-11H3/t24?,28-,29+,30?,31+,32-,33+,34-,38+,39-,40+/m0/s1. The van der Waals surface area contributed by atoms with Crippen molar-refractivity contribution in [3.63, 3.8) is 0 Å². The average molecular weight is 757 g/mol. The van der Waals surface area contributed by atoms with Gasteiger partial charge in [0.1, 0.15) is 17.8 Å². The summed E-state index contributed by atoms with van der Waals surface area (Å²) in [7, 11) is -4.67. The molecule has 2 saturated heterocycles. The Balaban J connectivity index is 1.72. The molecule has 2 unspecified atom stereocenters. The van der Waals surface area contributed by atoms with E-state index in [1.807, 2.05) is 40.7 Å². The van der Waals surface area contributed by atoms with Crippen molar-refractivity contribution in [2.75, 3.05) is 6.61 Å². The summed E-state index contributed by atoms with van der Waals surface area (Å²) in [6, 6.07) is 11.8. The van der Waals surface area contributed by atoms with Gasteiger partial charge in [0.2, 0.25) is 0 Å². The molecule has 3 aliphatic carbocycles. The van der Waals surface area contributed by atoms with Gasteiger partial charge in [-0.1, -0.05) is 73.6 Å². The van der Waals surface area contributed by atoms with E-state index in [9.17, 15) is 19.2 Å². The monoisotopic (exact) mass is 756 g/mol. The van der Waals surface area contributed by atoms with Crippen molar-refractivity contribution < 1.29 is 47.3 Å². The smallest absolute Gasteiger partial charge is 0.338 e. The van der Waals surface area contributed by atoms with Gasteiger partial charge in [-0.2, -0.15) is 0 Å². The number of carbonyl (C=O) groups is 2. The lowest BCUT2D eigenvalue weighted by atomic mass is 9.43. The third-order valence-corrected chi connectivity index (χ3v) is 20.6. The van der Waals surface area contributed by atoms with Crippen molar-refractivity contribution in [3.05, 3.63) is 47.2 Å². The second-order valence-corrected chi connectivity index (χ2v) is 24.1. The van der Waals surface area contributed by atoms with E-state index in [2.05, 4.69) is 34.6 Å². The first-order valence-corrected chi connectivity index (χ1v) is 23.5. The minimum atomic E-state index is -2.34. The molecule has 0 aromatic heterocycles. The molecule has 1 aromatic carbocycles.